The minimum atomic E-state index is 0.291. The van der Waals surface area contributed by atoms with Crippen LogP contribution in [0.15, 0.2) is 0 Å². The van der Waals surface area contributed by atoms with Crippen LogP contribution in [0.4, 0.5) is 0 Å². The first-order chi connectivity index (χ1) is 12.1. The maximum Gasteiger partial charge on any atom is 0.112 e. The molecule has 0 aromatic heterocycles. The van der Waals surface area contributed by atoms with E-state index in [9.17, 15) is 0 Å². The number of aliphatic hydroxyl groups excluding tert-OH is 1. The van der Waals surface area contributed by atoms with Gasteiger partial charge in [0.05, 0.1) is 7.11 Å². The summed E-state index contributed by atoms with van der Waals surface area (Å²) in [5.41, 5.74) is 0. The van der Waals surface area contributed by atoms with Crippen molar-refractivity contribution < 1.29 is 19.6 Å². The molecule has 4 nitrogen and oxygen atoms in total. The smallest absolute Gasteiger partial charge is 0.112 e. The summed E-state index contributed by atoms with van der Waals surface area (Å²) in [6, 6.07) is 0. The lowest BCUT2D eigenvalue weighted by atomic mass is 10.0. The van der Waals surface area contributed by atoms with Gasteiger partial charge >= 0.3 is 0 Å². The Morgan fingerprint density at radius 3 is 1.76 bits per heavy atom. The lowest BCUT2D eigenvalue weighted by Crippen LogP contribution is -2.45. The number of unbranched alkanes of at least 4 members (excludes halogenated alkanes) is 10. The second-order valence-corrected chi connectivity index (χ2v) is 7.95. The van der Waals surface area contributed by atoms with Gasteiger partial charge in [0.15, 0.2) is 0 Å². The van der Waals surface area contributed by atoms with Crippen molar-refractivity contribution in [3.8, 4) is 0 Å². The topological polar surface area (TPSA) is 38.7 Å². The van der Waals surface area contributed by atoms with Gasteiger partial charge in [0.25, 0.3) is 0 Å². The molecule has 0 spiro atoms. The second-order valence-electron chi connectivity index (χ2n) is 7.95. The molecule has 0 fully saturated rings. The molecule has 152 valence electrons. The second kappa shape index (κ2) is 17.3. The molecule has 0 aromatic carbocycles. The first-order valence-electron chi connectivity index (χ1n) is 10.8. The predicted octanol–water partition coefficient (Wildman–Crippen LogP) is 5.65. The van der Waals surface area contributed by atoms with Crippen molar-refractivity contribution in [3.05, 3.63) is 0 Å². The Labute approximate surface area is 157 Å². The minimum absolute atomic E-state index is 0.291. The molecule has 0 saturated carbocycles. The molecular weight excluding hydrogens is 314 g/mol. The van der Waals surface area contributed by atoms with E-state index in [0.717, 1.165) is 32.4 Å². The van der Waals surface area contributed by atoms with Gasteiger partial charge in [-0.1, -0.05) is 65.2 Å². The van der Waals surface area contributed by atoms with Crippen molar-refractivity contribution in [1.82, 2.24) is 0 Å². The Hall–Kier alpha value is -0.160. The van der Waals surface area contributed by atoms with Crippen LogP contribution in [0.5, 0.6) is 0 Å². The van der Waals surface area contributed by atoms with Crippen molar-refractivity contribution in [2.75, 3.05) is 33.9 Å². The van der Waals surface area contributed by atoms with Crippen LogP contribution in [-0.2, 0) is 9.88 Å². The summed E-state index contributed by atoms with van der Waals surface area (Å²) in [5, 5.41) is 9.09. The van der Waals surface area contributed by atoms with Gasteiger partial charge in [0.2, 0.25) is 0 Å². The Bertz CT molecular complexity index is 276. The van der Waals surface area contributed by atoms with Gasteiger partial charge < -0.3 is 5.11 Å². The number of aliphatic hydroxyl groups is 1. The van der Waals surface area contributed by atoms with Crippen molar-refractivity contribution in [2.45, 2.75) is 97.3 Å². The van der Waals surface area contributed by atoms with Crippen LogP contribution >= 0.6 is 0 Å². The summed E-state index contributed by atoms with van der Waals surface area (Å²) in [6.07, 6.45) is 16.9. The summed E-state index contributed by atoms with van der Waals surface area (Å²) in [6.45, 7) is 6.65. The van der Waals surface area contributed by atoms with Crippen molar-refractivity contribution in [2.24, 2.45) is 5.92 Å². The van der Waals surface area contributed by atoms with E-state index in [4.69, 9.17) is 15.0 Å². The maximum absolute atomic E-state index is 9.09. The minimum Gasteiger partial charge on any atom is -0.396 e. The molecule has 0 rings (SSSR count). The largest absolute Gasteiger partial charge is 0.396 e. The van der Waals surface area contributed by atoms with E-state index in [-0.39, 0.29) is 0 Å². The zero-order valence-electron chi connectivity index (χ0n) is 17.6. The summed E-state index contributed by atoms with van der Waals surface area (Å²) >= 11 is 0. The van der Waals surface area contributed by atoms with Gasteiger partial charge in [-0.2, -0.15) is 4.89 Å². The molecular formula is C21H46NO3+. The molecule has 0 aliphatic carbocycles. The molecule has 0 aliphatic heterocycles. The Morgan fingerprint density at radius 1 is 0.800 bits per heavy atom. The molecule has 0 heterocycles. The van der Waals surface area contributed by atoms with E-state index in [0.29, 0.717) is 17.2 Å². The van der Waals surface area contributed by atoms with E-state index < -0.39 is 0 Å². The molecule has 0 radical (unpaired) electrons. The molecule has 2 atom stereocenters. The van der Waals surface area contributed by atoms with Crippen LogP contribution in [-0.4, -0.2) is 43.6 Å². The molecule has 4 heteroatoms. The van der Waals surface area contributed by atoms with Crippen LogP contribution < -0.4 is 0 Å². The number of hydroxylamine groups is 3. The Balaban J connectivity index is 3.69. The van der Waals surface area contributed by atoms with Crippen LogP contribution in [0.1, 0.15) is 97.3 Å². The molecule has 1 N–H and O–H groups in total. The highest BCUT2D eigenvalue weighted by atomic mass is 17.3. The normalized spacial score (nSPS) is 15.2. The fraction of sp³-hybridized carbons (Fsp3) is 1.00. The van der Waals surface area contributed by atoms with Gasteiger partial charge in [0, 0.05) is 6.61 Å². The van der Waals surface area contributed by atoms with Gasteiger partial charge in [-0.3, -0.25) is 0 Å². The molecule has 0 aliphatic rings. The van der Waals surface area contributed by atoms with Crippen molar-refractivity contribution >= 4 is 0 Å². The van der Waals surface area contributed by atoms with Crippen LogP contribution in [0.2, 0.25) is 0 Å². The summed E-state index contributed by atoms with van der Waals surface area (Å²) < 4.78 is 0.543. The zero-order chi connectivity index (χ0) is 18.8. The zero-order valence-corrected chi connectivity index (χ0v) is 17.6. The van der Waals surface area contributed by atoms with Gasteiger partial charge in [-0.05, 0) is 43.0 Å². The van der Waals surface area contributed by atoms with Gasteiger partial charge in [-0.25, -0.2) is 0 Å². The van der Waals surface area contributed by atoms with Crippen LogP contribution in [0.25, 0.3) is 0 Å². The SMILES string of the molecule is CCCCCCCCCCCC[N+](C)(CCCCC(C)CO)OOC. The molecule has 0 aromatic rings. The lowest BCUT2D eigenvalue weighted by Gasteiger charge is -2.29. The summed E-state index contributed by atoms with van der Waals surface area (Å²) in [5.74, 6) is 0.407. The molecule has 0 saturated heterocycles. The van der Waals surface area contributed by atoms with E-state index in [1.165, 1.54) is 64.2 Å². The number of hydrogen-bond acceptors (Lipinski definition) is 3. The molecule has 0 amide bonds. The molecule has 2 unspecified atom stereocenters. The maximum atomic E-state index is 9.09. The van der Waals surface area contributed by atoms with Crippen LogP contribution in [0, 0.1) is 5.92 Å². The monoisotopic (exact) mass is 360 g/mol. The van der Waals surface area contributed by atoms with Crippen molar-refractivity contribution in [1.29, 1.82) is 0 Å². The van der Waals surface area contributed by atoms with E-state index in [2.05, 4.69) is 20.9 Å². The first kappa shape index (κ1) is 24.8. The third-order valence-electron chi connectivity index (χ3n) is 5.13. The van der Waals surface area contributed by atoms with Crippen molar-refractivity contribution in [3.63, 3.8) is 0 Å². The number of nitrogens with zero attached hydrogens (tertiary/aromatic N) is 1. The van der Waals surface area contributed by atoms with Gasteiger partial charge in [0.1, 0.15) is 20.1 Å². The Morgan fingerprint density at radius 2 is 1.28 bits per heavy atom. The van der Waals surface area contributed by atoms with Crippen LogP contribution in [0.3, 0.4) is 0 Å². The third-order valence-corrected chi connectivity index (χ3v) is 5.13. The number of quaternary nitrogens is 1. The molecule has 25 heavy (non-hydrogen) atoms. The van der Waals surface area contributed by atoms with E-state index in [1.54, 1.807) is 7.11 Å². The third kappa shape index (κ3) is 15.8. The molecule has 0 bridgehead atoms. The highest BCUT2D eigenvalue weighted by molar-refractivity contribution is 4.51. The fourth-order valence-electron chi connectivity index (χ4n) is 3.33. The number of rotatable bonds is 19. The number of hydrogen-bond donors (Lipinski definition) is 1. The van der Waals surface area contributed by atoms with Gasteiger partial charge in [-0.15, -0.1) is 4.65 Å². The van der Waals surface area contributed by atoms with E-state index in [1.807, 2.05) is 0 Å². The quantitative estimate of drug-likeness (QED) is 0.140. The first-order valence-corrected chi connectivity index (χ1v) is 10.8. The lowest BCUT2D eigenvalue weighted by molar-refractivity contribution is -1.14. The highest BCUT2D eigenvalue weighted by Gasteiger charge is 2.24. The predicted molar refractivity (Wildman–Crippen MR) is 106 cm³/mol. The average Bonchev–Trinajstić information content (AvgIpc) is 2.60. The Kier molecular flexibility index (Phi) is 17.2. The summed E-state index contributed by atoms with van der Waals surface area (Å²) in [7, 11) is 3.72. The summed E-state index contributed by atoms with van der Waals surface area (Å²) in [4.78, 5) is 10.5. The fourth-order valence-corrected chi connectivity index (χ4v) is 3.33. The highest BCUT2D eigenvalue weighted by Crippen LogP contribution is 2.15. The van der Waals surface area contributed by atoms with E-state index >= 15 is 0 Å². The average molecular weight is 361 g/mol. The standard InChI is InChI=1S/C21H46NO3/c1-5-6-7-8-9-10-11-12-13-15-18-22(3,25-24-4)19-16-14-17-21(2)20-23/h21,23H,5-20H2,1-4H3/q+1.